The standard InChI is InChI=1S/C15H25N2O4/c1-11(2)16(10-18)9-13(19)12-7-6-8-17(12)14(20)21-15(3,4)5/h11-12H,6-9H2,1-5H3/t12-/m0/s1. The van der Waals surface area contributed by atoms with Gasteiger partial charge in [-0.3, -0.25) is 14.5 Å². The number of likely N-dealkylation sites (tertiary alicyclic amines) is 1. The first-order chi connectivity index (χ1) is 9.65. The molecule has 0 saturated carbocycles. The molecule has 0 aliphatic carbocycles. The van der Waals surface area contributed by atoms with Gasteiger partial charge in [-0.15, -0.1) is 0 Å². The minimum Gasteiger partial charge on any atom is -0.444 e. The molecule has 1 radical (unpaired) electrons. The number of nitrogens with zero attached hydrogens (tertiary/aromatic N) is 2. The third-order valence-corrected chi connectivity index (χ3v) is 3.32. The molecule has 1 heterocycles. The molecule has 6 heteroatoms. The lowest BCUT2D eigenvalue weighted by molar-refractivity contribution is -0.124. The summed E-state index contributed by atoms with van der Waals surface area (Å²) in [5.41, 5.74) is -0.589. The monoisotopic (exact) mass is 297 g/mol. The molecule has 0 unspecified atom stereocenters. The molecular weight excluding hydrogens is 272 g/mol. The Morgan fingerprint density at radius 2 is 2.00 bits per heavy atom. The number of rotatable bonds is 5. The van der Waals surface area contributed by atoms with Crippen LogP contribution in [0.2, 0.25) is 0 Å². The van der Waals surface area contributed by atoms with Gasteiger partial charge in [0.15, 0.2) is 5.78 Å². The van der Waals surface area contributed by atoms with E-state index in [-0.39, 0.29) is 18.4 Å². The van der Waals surface area contributed by atoms with Gasteiger partial charge in [0.05, 0.1) is 12.6 Å². The molecule has 6 nitrogen and oxygen atoms in total. The summed E-state index contributed by atoms with van der Waals surface area (Å²) >= 11 is 0. The maximum Gasteiger partial charge on any atom is 0.410 e. The number of hydrogen-bond donors (Lipinski definition) is 0. The fraction of sp³-hybridized carbons (Fsp3) is 0.800. The third-order valence-electron chi connectivity index (χ3n) is 3.32. The van der Waals surface area contributed by atoms with Gasteiger partial charge in [0.2, 0.25) is 0 Å². The maximum atomic E-state index is 12.3. The van der Waals surface area contributed by atoms with Crippen molar-refractivity contribution in [2.75, 3.05) is 13.1 Å². The average Bonchev–Trinajstić information content (AvgIpc) is 2.82. The molecule has 1 fully saturated rings. The predicted molar refractivity (Wildman–Crippen MR) is 78.5 cm³/mol. The Kier molecular flexibility index (Phi) is 5.75. The van der Waals surface area contributed by atoms with Gasteiger partial charge in [0.1, 0.15) is 5.60 Å². The molecule has 1 saturated heterocycles. The van der Waals surface area contributed by atoms with Gasteiger partial charge in [0.25, 0.3) is 0 Å². The van der Waals surface area contributed by atoms with Gasteiger partial charge in [-0.25, -0.2) is 4.79 Å². The van der Waals surface area contributed by atoms with Crippen molar-refractivity contribution in [2.24, 2.45) is 0 Å². The number of hydrogen-bond acceptors (Lipinski definition) is 4. The van der Waals surface area contributed by atoms with Crippen LogP contribution in [0.25, 0.3) is 0 Å². The highest BCUT2D eigenvalue weighted by molar-refractivity contribution is 5.90. The molecule has 1 rings (SSSR count). The predicted octanol–water partition coefficient (Wildman–Crippen LogP) is 1.73. The van der Waals surface area contributed by atoms with Crippen LogP contribution in [0, 0.1) is 0 Å². The summed E-state index contributed by atoms with van der Waals surface area (Å²) in [6.07, 6.45) is 2.68. The van der Waals surface area contributed by atoms with E-state index in [0.29, 0.717) is 13.0 Å². The van der Waals surface area contributed by atoms with E-state index in [4.69, 9.17) is 4.74 Å². The van der Waals surface area contributed by atoms with Crippen molar-refractivity contribution in [1.29, 1.82) is 0 Å². The zero-order valence-electron chi connectivity index (χ0n) is 13.5. The smallest absolute Gasteiger partial charge is 0.410 e. The summed E-state index contributed by atoms with van der Waals surface area (Å²) in [5, 5.41) is 0. The zero-order valence-corrected chi connectivity index (χ0v) is 13.5. The Balaban J connectivity index is 2.70. The Hall–Kier alpha value is -1.59. The van der Waals surface area contributed by atoms with E-state index >= 15 is 0 Å². The van der Waals surface area contributed by atoms with Crippen LogP contribution in [0.1, 0.15) is 47.5 Å². The highest BCUT2D eigenvalue weighted by atomic mass is 16.6. The Labute approximate surface area is 126 Å². The number of carbonyl (C=O) groups excluding carboxylic acids is 3. The Morgan fingerprint density at radius 1 is 1.38 bits per heavy atom. The zero-order chi connectivity index (χ0) is 16.2. The quantitative estimate of drug-likeness (QED) is 0.725. The molecule has 0 aromatic rings. The summed E-state index contributed by atoms with van der Waals surface area (Å²) in [6.45, 7) is 9.50. The van der Waals surface area contributed by atoms with Crippen LogP contribution in [0.15, 0.2) is 0 Å². The van der Waals surface area contributed by atoms with E-state index in [0.717, 1.165) is 6.42 Å². The first kappa shape index (κ1) is 17.5. The largest absolute Gasteiger partial charge is 0.444 e. The molecule has 21 heavy (non-hydrogen) atoms. The van der Waals surface area contributed by atoms with Gasteiger partial charge in [0, 0.05) is 12.6 Å². The van der Waals surface area contributed by atoms with Crippen LogP contribution in [0.4, 0.5) is 4.79 Å². The molecule has 0 aromatic heterocycles. The number of ketones is 1. The first-order valence-electron chi connectivity index (χ1n) is 7.32. The van der Waals surface area contributed by atoms with E-state index < -0.39 is 17.7 Å². The van der Waals surface area contributed by atoms with Crippen molar-refractivity contribution in [2.45, 2.75) is 65.1 Å². The molecule has 0 bridgehead atoms. The third kappa shape index (κ3) is 5.02. The topological polar surface area (TPSA) is 66.9 Å². The van der Waals surface area contributed by atoms with Crippen LogP contribution < -0.4 is 0 Å². The number of carbonyl (C=O) groups is 2. The molecule has 1 aliphatic rings. The minimum absolute atomic E-state index is 0.0227. The second-order valence-corrected chi connectivity index (χ2v) is 6.61. The lowest BCUT2D eigenvalue weighted by atomic mass is 10.1. The van der Waals surface area contributed by atoms with E-state index in [1.807, 2.05) is 13.8 Å². The first-order valence-corrected chi connectivity index (χ1v) is 7.32. The van der Waals surface area contributed by atoms with Gasteiger partial charge in [-0.1, -0.05) is 0 Å². The van der Waals surface area contributed by atoms with Gasteiger partial charge < -0.3 is 9.64 Å². The van der Waals surface area contributed by atoms with Crippen molar-refractivity contribution in [3.8, 4) is 0 Å². The minimum atomic E-state index is -0.589. The lowest BCUT2D eigenvalue weighted by Crippen LogP contribution is -2.47. The second-order valence-electron chi connectivity index (χ2n) is 6.61. The molecule has 0 N–H and O–H groups in total. The molecule has 1 atom stereocenters. The van der Waals surface area contributed by atoms with Gasteiger partial charge >= 0.3 is 12.5 Å². The normalized spacial score (nSPS) is 18.8. The van der Waals surface area contributed by atoms with Crippen molar-refractivity contribution < 1.29 is 19.1 Å². The van der Waals surface area contributed by atoms with Crippen molar-refractivity contribution in [3.05, 3.63) is 0 Å². The molecule has 1 aliphatic heterocycles. The molecule has 0 spiro atoms. The van der Waals surface area contributed by atoms with Crippen LogP contribution in [0.3, 0.4) is 0 Å². The highest BCUT2D eigenvalue weighted by Gasteiger charge is 2.37. The summed E-state index contributed by atoms with van der Waals surface area (Å²) in [4.78, 5) is 38.1. The highest BCUT2D eigenvalue weighted by Crippen LogP contribution is 2.21. The SMILES string of the molecule is CC(C)N([C]=O)CC(=O)[C@@H]1CCCN1C(=O)OC(C)(C)C. The van der Waals surface area contributed by atoms with E-state index in [2.05, 4.69) is 0 Å². The number of amides is 2. The Morgan fingerprint density at radius 3 is 2.48 bits per heavy atom. The number of ether oxygens (including phenoxy) is 1. The van der Waals surface area contributed by atoms with Crippen molar-refractivity contribution in [1.82, 2.24) is 9.80 Å². The average molecular weight is 297 g/mol. The fourth-order valence-electron chi connectivity index (χ4n) is 2.23. The fourth-order valence-corrected chi connectivity index (χ4v) is 2.23. The van der Waals surface area contributed by atoms with Crippen LogP contribution in [-0.2, 0) is 14.3 Å². The van der Waals surface area contributed by atoms with E-state index in [9.17, 15) is 14.4 Å². The van der Waals surface area contributed by atoms with Gasteiger partial charge in [-0.05, 0) is 47.5 Å². The lowest BCUT2D eigenvalue weighted by Gasteiger charge is -2.29. The van der Waals surface area contributed by atoms with Crippen LogP contribution in [-0.4, -0.2) is 58.9 Å². The van der Waals surface area contributed by atoms with E-state index in [1.54, 1.807) is 27.2 Å². The van der Waals surface area contributed by atoms with Crippen LogP contribution in [0.5, 0.6) is 0 Å². The molecule has 0 aromatic carbocycles. The molecule has 119 valence electrons. The second kappa shape index (κ2) is 6.91. The number of Topliss-reactive ketones (excluding diaryl/α,β-unsaturated/α-hetero) is 1. The Bertz CT molecular complexity index is 401. The van der Waals surface area contributed by atoms with E-state index in [1.165, 1.54) is 9.80 Å². The molecular formula is C15H25N2O4. The van der Waals surface area contributed by atoms with Crippen molar-refractivity contribution >= 4 is 18.3 Å². The molecule has 2 amide bonds. The van der Waals surface area contributed by atoms with Gasteiger partial charge in [-0.2, -0.15) is 0 Å². The van der Waals surface area contributed by atoms with Crippen LogP contribution >= 0.6 is 0 Å². The van der Waals surface area contributed by atoms with Crippen molar-refractivity contribution in [3.63, 3.8) is 0 Å². The summed E-state index contributed by atoms with van der Waals surface area (Å²) in [5.74, 6) is -0.143. The maximum absolute atomic E-state index is 12.3. The summed E-state index contributed by atoms with van der Waals surface area (Å²) in [6, 6.07) is -0.600. The summed E-state index contributed by atoms with van der Waals surface area (Å²) < 4.78 is 5.32. The summed E-state index contributed by atoms with van der Waals surface area (Å²) in [7, 11) is 0.